The van der Waals surface area contributed by atoms with Crippen molar-refractivity contribution >= 4 is 18.1 Å². The van der Waals surface area contributed by atoms with E-state index in [1.54, 1.807) is 20.3 Å². The van der Waals surface area contributed by atoms with Gasteiger partial charge in [0.2, 0.25) is 0 Å². The van der Waals surface area contributed by atoms with Crippen molar-refractivity contribution < 1.29 is 32.7 Å². The monoisotopic (exact) mass is 634 g/mol. The van der Waals surface area contributed by atoms with Crippen LogP contribution >= 0.6 is 0 Å². The molecular formula is C38H39BO8. The summed E-state index contributed by atoms with van der Waals surface area (Å²) >= 11 is 0. The summed E-state index contributed by atoms with van der Waals surface area (Å²) < 4.78 is 41.4. The van der Waals surface area contributed by atoms with Gasteiger partial charge in [-0.2, -0.15) is 0 Å². The van der Waals surface area contributed by atoms with Crippen LogP contribution in [0.25, 0.3) is 33.4 Å². The third-order valence-corrected chi connectivity index (χ3v) is 8.90. The van der Waals surface area contributed by atoms with E-state index in [2.05, 4.69) is 0 Å². The van der Waals surface area contributed by atoms with Crippen LogP contribution in [-0.2, 0) is 15.9 Å². The Morgan fingerprint density at radius 3 is 2.23 bits per heavy atom. The molecule has 3 aromatic carbocycles. The average Bonchev–Trinajstić information content (AvgIpc) is 3.26. The minimum atomic E-state index is -0.422. The van der Waals surface area contributed by atoms with Crippen LogP contribution in [0.15, 0.2) is 94.1 Å². The van der Waals surface area contributed by atoms with Gasteiger partial charge in [-0.05, 0) is 99.8 Å². The first-order valence-corrected chi connectivity index (χ1v) is 15.6. The van der Waals surface area contributed by atoms with Gasteiger partial charge in [-0.25, -0.2) is 0 Å². The molecule has 3 aliphatic rings. The molecule has 0 unspecified atom stereocenters. The molecule has 0 atom stereocenters. The second kappa shape index (κ2) is 12.8. The maximum absolute atomic E-state index is 12.3. The van der Waals surface area contributed by atoms with Gasteiger partial charge in [0.05, 0.1) is 25.4 Å². The molecule has 2 aliphatic heterocycles. The lowest BCUT2D eigenvalue weighted by Gasteiger charge is -2.32. The standard InChI is InChI=1S/C38H39BO8/c1-24-19-27(41-6)11-14-29(24)36-30-13-10-26(40)21-33(30)45-34-22-28(12-15-31(34)36)44-23-25-9-16-32(35(20-25)42-7)43-18-8-17-39-46-37(2,3)38(4,5)47-39/h8-17,19-22H,18,23H2,1-7H3. The Morgan fingerprint density at radius 2 is 1.51 bits per heavy atom. The van der Waals surface area contributed by atoms with Crippen LogP contribution in [0.4, 0.5) is 0 Å². The molecule has 9 heteroatoms. The molecule has 1 fully saturated rings. The van der Waals surface area contributed by atoms with Crippen LogP contribution in [0.5, 0.6) is 23.0 Å². The van der Waals surface area contributed by atoms with E-state index in [-0.39, 0.29) is 16.6 Å². The Kier molecular flexibility index (Phi) is 8.79. The normalized spacial score (nSPS) is 15.4. The van der Waals surface area contributed by atoms with Gasteiger partial charge in [0.1, 0.15) is 36.1 Å². The number of benzene rings is 4. The summed E-state index contributed by atoms with van der Waals surface area (Å²) in [5.41, 5.74) is 4.55. The Morgan fingerprint density at radius 1 is 0.766 bits per heavy atom. The predicted molar refractivity (Wildman–Crippen MR) is 184 cm³/mol. The smallest absolute Gasteiger partial charge is 0.486 e. The summed E-state index contributed by atoms with van der Waals surface area (Å²) in [6, 6.07) is 22.4. The molecule has 47 heavy (non-hydrogen) atoms. The van der Waals surface area contributed by atoms with Crippen LogP contribution in [0.2, 0.25) is 0 Å². The molecule has 2 heterocycles. The fraction of sp³-hybridized carbons (Fsp3) is 0.289. The molecular weight excluding hydrogens is 595 g/mol. The van der Waals surface area contributed by atoms with Crippen molar-refractivity contribution in [2.45, 2.75) is 52.4 Å². The molecule has 0 radical (unpaired) electrons. The van der Waals surface area contributed by atoms with Crippen molar-refractivity contribution in [3.63, 3.8) is 0 Å². The number of ether oxygens (including phenoxy) is 4. The van der Waals surface area contributed by atoms with Gasteiger partial charge in [0, 0.05) is 28.6 Å². The van der Waals surface area contributed by atoms with Crippen molar-refractivity contribution in [1.82, 2.24) is 0 Å². The highest BCUT2D eigenvalue weighted by molar-refractivity contribution is 6.51. The van der Waals surface area contributed by atoms with Gasteiger partial charge >= 0.3 is 7.12 Å². The van der Waals surface area contributed by atoms with Crippen LogP contribution in [0.1, 0.15) is 38.8 Å². The highest BCUT2D eigenvalue weighted by Gasteiger charge is 2.50. The average molecular weight is 635 g/mol. The minimum Gasteiger partial charge on any atom is -0.497 e. The van der Waals surface area contributed by atoms with Crippen molar-refractivity contribution in [2.75, 3.05) is 20.8 Å². The molecule has 1 aliphatic carbocycles. The van der Waals surface area contributed by atoms with E-state index in [4.69, 9.17) is 32.7 Å². The fourth-order valence-corrected chi connectivity index (χ4v) is 5.63. The van der Waals surface area contributed by atoms with Crippen molar-refractivity contribution in [2.24, 2.45) is 0 Å². The van der Waals surface area contributed by atoms with Crippen molar-refractivity contribution in [1.29, 1.82) is 0 Å². The largest absolute Gasteiger partial charge is 0.497 e. The Bertz CT molecular complexity index is 1960. The number of methoxy groups -OCH3 is 2. The molecule has 0 bridgehead atoms. The molecule has 0 saturated carbocycles. The lowest BCUT2D eigenvalue weighted by Crippen LogP contribution is -2.41. The lowest BCUT2D eigenvalue weighted by atomic mass is 9.90. The summed E-state index contributed by atoms with van der Waals surface area (Å²) in [7, 11) is 2.84. The van der Waals surface area contributed by atoms with Crippen molar-refractivity contribution in [3.05, 3.63) is 106 Å². The van der Waals surface area contributed by atoms with E-state index in [1.165, 1.54) is 6.07 Å². The van der Waals surface area contributed by atoms with Gasteiger partial charge in [0.25, 0.3) is 0 Å². The first kappa shape index (κ1) is 32.2. The van der Waals surface area contributed by atoms with Gasteiger partial charge in [0.15, 0.2) is 16.9 Å². The minimum absolute atomic E-state index is 0.118. The quantitative estimate of drug-likeness (QED) is 0.113. The third-order valence-electron chi connectivity index (χ3n) is 8.90. The summed E-state index contributed by atoms with van der Waals surface area (Å²) in [6.45, 7) is 10.8. The topological polar surface area (TPSA) is 85.6 Å². The molecule has 6 rings (SSSR count). The molecule has 3 aromatic rings. The van der Waals surface area contributed by atoms with E-state index in [9.17, 15) is 4.79 Å². The SMILES string of the molecule is COc1ccc(-c2c3ccc(=O)cc-3oc3cc(OCc4ccc(OCC=CB5OC(C)(C)C(C)(C)O5)c(OC)c4)ccc23)c(C)c1. The maximum atomic E-state index is 12.3. The Hall–Kier alpha value is -4.73. The molecule has 0 amide bonds. The molecule has 1 saturated heterocycles. The summed E-state index contributed by atoms with van der Waals surface area (Å²) in [5.74, 6) is 5.00. The summed E-state index contributed by atoms with van der Waals surface area (Å²) in [6.07, 6.45) is 1.88. The molecule has 242 valence electrons. The van der Waals surface area contributed by atoms with E-state index in [0.717, 1.165) is 39.0 Å². The predicted octanol–water partition coefficient (Wildman–Crippen LogP) is 8.04. The van der Waals surface area contributed by atoms with Crippen LogP contribution in [0, 0.1) is 6.92 Å². The molecule has 8 nitrogen and oxygen atoms in total. The maximum Gasteiger partial charge on any atom is 0.486 e. The highest BCUT2D eigenvalue weighted by Crippen LogP contribution is 2.43. The summed E-state index contributed by atoms with van der Waals surface area (Å²) in [4.78, 5) is 12.3. The van der Waals surface area contributed by atoms with E-state index < -0.39 is 7.12 Å². The second-order valence-electron chi connectivity index (χ2n) is 12.6. The third kappa shape index (κ3) is 6.59. The van der Waals surface area contributed by atoms with Crippen LogP contribution in [0.3, 0.4) is 0 Å². The van der Waals surface area contributed by atoms with Crippen LogP contribution < -0.4 is 24.4 Å². The van der Waals surface area contributed by atoms with Gasteiger partial charge in [-0.1, -0.05) is 24.2 Å². The zero-order valence-electron chi connectivity index (χ0n) is 27.8. The van der Waals surface area contributed by atoms with E-state index in [1.807, 2.05) is 107 Å². The zero-order valence-corrected chi connectivity index (χ0v) is 27.8. The number of aryl methyl sites for hydroxylation is 1. The van der Waals surface area contributed by atoms with Crippen LogP contribution in [-0.4, -0.2) is 39.1 Å². The van der Waals surface area contributed by atoms with Gasteiger partial charge < -0.3 is 32.7 Å². The number of hydrogen-bond acceptors (Lipinski definition) is 8. The summed E-state index contributed by atoms with van der Waals surface area (Å²) in [5, 5.41) is 0.910. The van der Waals surface area contributed by atoms with Gasteiger partial charge in [-0.15, -0.1) is 0 Å². The fourth-order valence-electron chi connectivity index (χ4n) is 5.63. The Balaban J connectivity index is 1.19. The zero-order chi connectivity index (χ0) is 33.3. The van der Waals surface area contributed by atoms with E-state index in [0.29, 0.717) is 41.8 Å². The molecule has 0 spiro atoms. The molecule has 0 N–H and O–H groups in total. The first-order valence-electron chi connectivity index (χ1n) is 15.6. The van der Waals surface area contributed by atoms with Crippen molar-refractivity contribution in [3.8, 4) is 45.4 Å². The molecule has 0 aromatic heterocycles. The van der Waals surface area contributed by atoms with Gasteiger partial charge in [-0.3, -0.25) is 4.79 Å². The second-order valence-corrected chi connectivity index (χ2v) is 12.6. The number of rotatable bonds is 10. The number of fused-ring (bicyclic) bond motifs is 2. The lowest BCUT2D eigenvalue weighted by molar-refractivity contribution is 0.00578. The Labute approximate surface area is 275 Å². The highest BCUT2D eigenvalue weighted by atomic mass is 16.7. The number of hydrogen-bond donors (Lipinski definition) is 0. The first-order chi connectivity index (χ1) is 22.5. The van der Waals surface area contributed by atoms with E-state index >= 15 is 0 Å².